The largest absolute Gasteiger partial charge is 0.389 e. The lowest BCUT2D eigenvalue weighted by Crippen LogP contribution is -2.60. The zero-order valence-electron chi connectivity index (χ0n) is 17.8. The maximum atomic E-state index is 13.3. The average Bonchev–Trinajstić information content (AvgIpc) is 3.14. The fraction of sp³-hybridized carbons (Fsp3) is 0.417. The topological polar surface area (TPSA) is 79.3 Å². The minimum Gasteiger partial charge on any atom is -0.389 e. The van der Waals surface area contributed by atoms with Crippen LogP contribution in [0.25, 0.3) is 0 Å². The molecule has 2 saturated heterocycles. The molecule has 4 rings (SSSR count). The Morgan fingerprint density at radius 1 is 1.00 bits per heavy atom. The number of urea groups is 1. The molecular formula is C24H28N2O5. The van der Waals surface area contributed by atoms with Gasteiger partial charge in [0.1, 0.15) is 6.10 Å². The van der Waals surface area contributed by atoms with Crippen molar-refractivity contribution in [3.63, 3.8) is 0 Å². The van der Waals surface area contributed by atoms with E-state index in [1.807, 2.05) is 60.7 Å². The number of ether oxygens (including phenoxy) is 2. The Labute approximate surface area is 182 Å². The highest BCUT2D eigenvalue weighted by molar-refractivity contribution is 5.98. The normalized spacial score (nSPS) is 24.5. The number of rotatable bonds is 6. The third-order valence-corrected chi connectivity index (χ3v) is 5.73. The first-order chi connectivity index (χ1) is 14.8. The highest BCUT2D eigenvalue weighted by atomic mass is 16.7. The first kappa shape index (κ1) is 21.5. The third-order valence-electron chi connectivity index (χ3n) is 5.73. The van der Waals surface area contributed by atoms with E-state index in [4.69, 9.17) is 9.47 Å². The molecule has 3 amide bonds. The van der Waals surface area contributed by atoms with Crippen molar-refractivity contribution < 1.29 is 24.2 Å². The number of hydrogen-bond acceptors (Lipinski definition) is 5. The van der Waals surface area contributed by atoms with Crippen molar-refractivity contribution in [2.45, 2.75) is 44.9 Å². The fourth-order valence-corrected chi connectivity index (χ4v) is 4.10. The number of benzene rings is 2. The molecule has 164 valence electrons. The number of amides is 3. The molecule has 31 heavy (non-hydrogen) atoms. The summed E-state index contributed by atoms with van der Waals surface area (Å²) in [5.74, 6) is -2.00. The average molecular weight is 424 g/mol. The molecule has 2 heterocycles. The van der Waals surface area contributed by atoms with Crippen molar-refractivity contribution in [1.29, 1.82) is 0 Å². The molecule has 0 saturated carbocycles. The second kappa shape index (κ2) is 8.78. The van der Waals surface area contributed by atoms with Crippen LogP contribution in [0.2, 0.25) is 0 Å². The van der Waals surface area contributed by atoms with E-state index in [0.29, 0.717) is 6.54 Å². The molecule has 2 aromatic carbocycles. The zero-order chi connectivity index (χ0) is 22.0. The van der Waals surface area contributed by atoms with E-state index in [1.54, 1.807) is 18.7 Å². The second-order valence-corrected chi connectivity index (χ2v) is 8.52. The van der Waals surface area contributed by atoms with Crippen molar-refractivity contribution >= 4 is 11.9 Å². The Hall–Kier alpha value is -2.74. The summed E-state index contributed by atoms with van der Waals surface area (Å²) in [5, 5.41) is 11.0. The number of hydrogen-bond donors (Lipinski definition) is 1. The van der Waals surface area contributed by atoms with Crippen molar-refractivity contribution in [1.82, 2.24) is 9.80 Å². The predicted octanol–water partition coefficient (Wildman–Crippen LogP) is 2.78. The Morgan fingerprint density at radius 2 is 1.58 bits per heavy atom. The minimum absolute atomic E-state index is 0.124. The van der Waals surface area contributed by atoms with Gasteiger partial charge in [0.15, 0.2) is 5.79 Å². The quantitative estimate of drug-likeness (QED) is 0.772. The van der Waals surface area contributed by atoms with Crippen LogP contribution < -0.4 is 0 Å². The van der Waals surface area contributed by atoms with Gasteiger partial charge in [0, 0.05) is 13.1 Å². The van der Waals surface area contributed by atoms with E-state index in [-0.39, 0.29) is 31.6 Å². The Bertz CT molecular complexity index is 918. The van der Waals surface area contributed by atoms with Gasteiger partial charge in [0.05, 0.1) is 25.2 Å². The molecular weight excluding hydrogens is 396 g/mol. The van der Waals surface area contributed by atoms with Gasteiger partial charge < -0.3 is 19.5 Å². The third kappa shape index (κ3) is 4.79. The predicted molar refractivity (Wildman–Crippen MR) is 114 cm³/mol. The molecule has 2 aliphatic heterocycles. The highest BCUT2D eigenvalue weighted by Gasteiger charge is 2.47. The first-order valence-electron chi connectivity index (χ1n) is 10.5. The van der Waals surface area contributed by atoms with E-state index >= 15 is 0 Å². The lowest BCUT2D eigenvalue weighted by atomic mass is 9.93. The molecule has 7 heteroatoms. The molecule has 3 atom stereocenters. The van der Waals surface area contributed by atoms with Gasteiger partial charge >= 0.3 is 6.03 Å². The molecule has 2 fully saturated rings. The molecule has 1 N–H and O–H groups in total. The van der Waals surface area contributed by atoms with E-state index in [1.165, 1.54) is 4.90 Å². The van der Waals surface area contributed by atoms with Crippen LogP contribution in [0.1, 0.15) is 25.0 Å². The van der Waals surface area contributed by atoms with E-state index in [2.05, 4.69) is 0 Å². The second-order valence-electron chi connectivity index (χ2n) is 8.52. The monoisotopic (exact) mass is 424 g/mol. The summed E-state index contributed by atoms with van der Waals surface area (Å²) in [6.07, 6.45) is -1.71. The Morgan fingerprint density at radius 3 is 2.13 bits per heavy atom. The number of carbonyl (C=O) groups is 2. The van der Waals surface area contributed by atoms with Crippen LogP contribution in [0.5, 0.6) is 0 Å². The summed E-state index contributed by atoms with van der Waals surface area (Å²) < 4.78 is 11.4. The molecule has 0 aliphatic carbocycles. The summed E-state index contributed by atoms with van der Waals surface area (Å²) in [5.41, 5.74) is 1.81. The van der Waals surface area contributed by atoms with Crippen LogP contribution in [0, 0.1) is 5.92 Å². The summed E-state index contributed by atoms with van der Waals surface area (Å²) >= 11 is 0. The SMILES string of the molecule is CC1(C)OC[C@H]([C@@H](O)[C@H]2CN(Cc3ccccc3)C(=O)N(Cc3ccccc3)C2=O)O1. The van der Waals surface area contributed by atoms with Crippen LogP contribution in [0.3, 0.4) is 0 Å². The number of imide groups is 1. The van der Waals surface area contributed by atoms with Crippen molar-refractivity contribution in [3.05, 3.63) is 71.8 Å². The maximum Gasteiger partial charge on any atom is 0.327 e. The van der Waals surface area contributed by atoms with E-state index in [9.17, 15) is 14.7 Å². The van der Waals surface area contributed by atoms with Crippen LogP contribution in [-0.2, 0) is 27.4 Å². The highest BCUT2D eigenvalue weighted by Crippen LogP contribution is 2.30. The van der Waals surface area contributed by atoms with Gasteiger partial charge in [-0.1, -0.05) is 60.7 Å². The van der Waals surface area contributed by atoms with E-state index in [0.717, 1.165) is 11.1 Å². The molecule has 0 aromatic heterocycles. The van der Waals surface area contributed by atoms with Gasteiger partial charge in [0.25, 0.3) is 0 Å². The molecule has 0 radical (unpaired) electrons. The molecule has 0 spiro atoms. The summed E-state index contributed by atoms with van der Waals surface area (Å²) in [7, 11) is 0. The van der Waals surface area contributed by atoms with Crippen molar-refractivity contribution in [3.8, 4) is 0 Å². The number of carbonyl (C=O) groups excluding carboxylic acids is 2. The van der Waals surface area contributed by atoms with Gasteiger partial charge in [0.2, 0.25) is 5.91 Å². The molecule has 2 aromatic rings. The summed E-state index contributed by atoms with van der Waals surface area (Å²) in [4.78, 5) is 29.4. The number of aliphatic hydroxyl groups is 1. The molecule has 7 nitrogen and oxygen atoms in total. The maximum absolute atomic E-state index is 13.3. The lowest BCUT2D eigenvalue weighted by Gasteiger charge is -2.41. The van der Waals surface area contributed by atoms with Gasteiger partial charge in [-0.15, -0.1) is 0 Å². The van der Waals surface area contributed by atoms with Crippen molar-refractivity contribution in [2.75, 3.05) is 13.2 Å². The first-order valence-corrected chi connectivity index (χ1v) is 10.5. The van der Waals surface area contributed by atoms with Gasteiger partial charge in [-0.25, -0.2) is 4.79 Å². The van der Waals surface area contributed by atoms with Crippen LogP contribution in [0.15, 0.2) is 60.7 Å². The molecule has 2 aliphatic rings. The van der Waals surface area contributed by atoms with Gasteiger partial charge in [-0.05, 0) is 25.0 Å². The molecule has 0 unspecified atom stereocenters. The lowest BCUT2D eigenvalue weighted by molar-refractivity contribution is -0.164. The zero-order valence-corrected chi connectivity index (χ0v) is 17.8. The Balaban J connectivity index is 1.59. The minimum atomic E-state index is -1.08. The van der Waals surface area contributed by atoms with Crippen LogP contribution in [0.4, 0.5) is 4.79 Å². The van der Waals surface area contributed by atoms with E-state index < -0.39 is 23.9 Å². The van der Waals surface area contributed by atoms with Crippen LogP contribution >= 0.6 is 0 Å². The van der Waals surface area contributed by atoms with Gasteiger partial charge in [-0.3, -0.25) is 9.69 Å². The fourth-order valence-electron chi connectivity index (χ4n) is 4.10. The number of aliphatic hydroxyl groups excluding tert-OH is 1. The summed E-state index contributed by atoms with van der Waals surface area (Å²) in [6.45, 7) is 4.38. The van der Waals surface area contributed by atoms with Crippen LogP contribution in [-0.4, -0.2) is 58.0 Å². The Kier molecular flexibility index (Phi) is 6.09. The van der Waals surface area contributed by atoms with Gasteiger partial charge in [-0.2, -0.15) is 0 Å². The molecule has 0 bridgehead atoms. The summed E-state index contributed by atoms with van der Waals surface area (Å²) in [6, 6.07) is 18.6. The number of nitrogens with zero attached hydrogens (tertiary/aromatic N) is 2. The van der Waals surface area contributed by atoms with Crippen molar-refractivity contribution in [2.24, 2.45) is 5.92 Å². The smallest absolute Gasteiger partial charge is 0.327 e. The standard InChI is InChI=1S/C24H28N2O5/c1-24(2)30-16-20(31-24)21(27)19-15-25(13-17-9-5-3-6-10-17)23(29)26(22(19)28)14-18-11-7-4-8-12-18/h3-12,19-21,27H,13-16H2,1-2H3/t19-,20-,21+/m1/s1.